The highest BCUT2D eigenvalue weighted by Gasteiger charge is 2.54. The molecule has 6 nitrogen and oxygen atoms in total. The second kappa shape index (κ2) is 6.11. The molecule has 1 saturated heterocycles. The largest absolute Gasteiger partial charge is 0.326 e. The maximum Gasteiger partial charge on any atom is 0.325 e. The summed E-state index contributed by atoms with van der Waals surface area (Å²) in [7, 11) is 0. The average molecular weight is 355 g/mol. The van der Waals surface area contributed by atoms with E-state index in [2.05, 4.69) is 10.6 Å². The molecule has 1 unspecified atom stereocenters. The third-order valence-electron chi connectivity index (χ3n) is 5.97. The summed E-state index contributed by atoms with van der Waals surface area (Å²) in [6.45, 7) is 3.62. The molecule has 4 amide bonds. The maximum atomic E-state index is 12.4. The Bertz CT molecular complexity index is 744. The number of carbonyl (C=O) groups excluding carboxylic acids is 3. The minimum atomic E-state index is -0.855. The number of hydrogen-bond acceptors (Lipinski definition) is 3. The van der Waals surface area contributed by atoms with E-state index < -0.39 is 5.54 Å². The summed E-state index contributed by atoms with van der Waals surface area (Å²) >= 11 is 0. The smallest absolute Gasteiger partial charge is 0.325 e. The van der Waals surface area contributed by atoms with Gasteiger partial charge in [-0.3, -0.25) is 14.5 Å². The molecule has 3 fully saturated rings. The van der Waals surface area contributed by atoms with Crippen LogP contribution in [-0.2, 0) is 16.1 Å². The van der Waals surface area contributed by atoms with Gasteiger partial charge in [0.1, 0.15) is 5.54 Å². The zero-order chi connectivity index (χ0) is 18.5. The van der Waals surface area contributed by atoms with Gasteiger partial charge in [-0.05, 0) is 56.2 Å². The Morgan fingerprint density at radius 3 is 2.31 bits per heavy atom. The van der Waals surface area contributed by atoms with E-state index in [1.54, 1.807) is 13.8 Å². The van der Waals surface area contributed by atoms with E-state index in [1.807, 2.05) is 24.3 Å². The molecule has 138 valence electrons. The Kier molecular flexibility index (Phi) is 4.01. The van der Waals surface area contributed by atoms with Gasteiger partial charge >= 0.3 is 6.03 Å². The van der Waals surface area contributed by atoms with Crippen molar-refractivity contribution in [3.63, 3.8) is 0 Å². The number of nitrogens with one attached hydrogen (secondary N) is 2. The van der Waals surface area contributed by atoms with Gasteiger partial charge < -0.3 is 10.6 Å². The number of imide groups is 1. The number of amides is 4. The topological polar surface area (TPSA) is 78.5 Å². The molecule has 4 rings (SSSR count). The molecule has 1 aromatic carbocycles. The van der Waals surface area contributed by atoms with Crippen LogP contribution < -0.4 is 10.6 Å². The normalized spacial score (nSPS) is 29.2. The minimum absolute atomic E-state index is 0.130. The van der Waals surface area contributed by atoms with Gasteiger partial charge in [0.2, 0.25) is 5.91 Å². The summed E-state index contributed by atoms with van der Waals surface area (Å²) in [6, 6.07) is 7.00. The second-order valence-electron chi connectivity index (χ2n) is 8.27. The molecule has 6 heteroatoms. The zero-order valence-electron chi connectivity index (χ0n) is 15.2. The van der Waals surface area contributed by atoms with Gasteiger partial charge in [0.15, 0.2) is 0 Å². The number of fused-ring (bicyclic) bond motifs is 1. The van der Waals surface area contributed by atoms with Crippen LogP contribution in [0.2, 0.25) is 0 Å². The van der Waals surface area contributed by atoms with E-state index in [9.17, 15) is 14.4 Å². The summed E-state index contributed by atoms with van der Waals surface area (Å²) in [6.07, 6.45) is 4.87. The monoisotopic (exact) mass is 355 g/mol. The number of anilines is 1. The van der Waals surface area contributed by atoms with Crippen LogP contribution in [-0.4, -0.2) is 28.3 Å². The Labute approximate surface area is 153 Å². The number of carbonyl (C=O) groups is 3. The zero-order valence-corrected chi connectivity index (χ0v) is 15.2. The fourth-order valence-electron chi connectivity index (χ4n) is 4.44. The first-order valence-corrected chi connectivity index (χ1v) is 9.41. The van der Waals surface area contributed by atoms with Gasteiger partial charge in [0.25, 0.3) is 5.91 Å². The van der Waals surface area contributed by atoms with Gasteiger partial charge in [-0.2, -0.15) is 0 Å². The van der Waals surface area contributed by atoms with Gasteiger partial charge in [-0.25, -0.2) is 4.79 Å². The van der Waals surface area contributed by atoms with Crippen LogP contribution in [0.4, 0.5) is 10.5 Å². The van der Waals surface area contributed by atoms with Crippen molar-refractivity contribution in [2.24, 2.45) is 17.8 Å². The number of hydrogen-bond donors (Lipinski definition) is 2. The summed E-state index contributed by atoms with van der Waals surface area (Å²) in [4.78, 5) is 37.9. The Morgan fingerprint density at radius 2 is 1.77 bits per heavy atom. The van der Waals surface area contributed by atoms with Gasteiger partial charge in [0, 0.05) is 11.6 Å². The highest BCUT2D eigenvalue weighted by molar-refractivity contribution is 6.06. The Hall–Kier alpha value is -2.37. The lowest BCUT2D eigenvalue weighted by atomic mass is 10.0. The fraction of sp³-hybridized carbons (Fsp3) is 0.550. The Morgan fingerprint density at radius 1 is 1.15 bits per heavy atom. The first-order chi connectivity index (χ1) is 12.4. The van der Waals surface area contributed by atoms with Crippen molar-refractivity contribution in [2.45, 2.75) is 51.6 Å². The average Bonchev–Trinajstić information content (AvgIpc) is 3.30. The third kappa shape index (κ3) is 2.97. The molecular weight excluding hydrogens is 330 g/mol. The Balaban J connectivity index is 1.36. The molecule has 3 atom stereocenters. The molecule has 2 aliphatic carbocycles. The molecule has 0 aromatic heterocycles. The van der Waals surface area contributed by atoms with E-state index in [0.717, 1.165) is 11.3 Å². The summed E-state index contributed by atoms with van der Waals surface area (Å²) in [5.74, 6) is 1.27. The van der Waals surface area contributed by atoms with Crippen LogP contribution in [0.1, 0.15) is 45.1 Å². The van der Waals surface area contributed by atoms with Crippen molar-refractivity contribution in [3.05, 3.63) is 29.8 Å². The molecule has 0 spiro atoms. The number of urea groups is 1. The summed E-state index contributed by atoms with van der Waals surface area (Å²) in [5.41, 5.74) is 0.760. The predicted molar refractivity (Wildman–Crippen MR) is 97.2 cm³/mol. The first-order valence-electron chi connectivity index (χ1n) is 9.41. The second-order valence-corrected chi connectivity index (χ2v) is 8.27. The van der Waals surface area contributed by atoms with E-state index in [1.165, 1.54) is 30.6 Å². The van der Waals surface area contributed by atoms with E-state index in [4.69, 9.17) is 0 Å². The van der Waals surface area contributed by atoms with Crippen molar-refractivity contribution >= 4 is 23.5 Å². The molecule has 0 radical (unpaired) electrons. The van der Waals surface area contributed by atoms with Crippen LogP contribution in [0.15, 0.2) is 24.3 Å². The van der Waals surface area contributed by atoms with Crippen LogP contribution in [0, 0.1) is 17.8 Å². The van der Waals surface area contributed by atoms with Gasteiger partial charge in [-0.15, -0.1) is 0 Å². The summed E-state index contributed by atoms with van der Waals surface area (Å²) in [5, 5.41) is 5.69. The van der Waals surface area contributed by atoms with E-state index >= 15 is 0 Å². The third-order valence-corrected chi connectivity index (χ3v) is 5.97. The van der Waals surface area contributed by atoms with Crippen LogP contribution in [0.25, 0.3) is 0 Å². The molecular formula is C20H25N3O3. The molecule has 2 saturated carbocycles. The quantitative estimate of drug-likeness (QED) is 0.815. The standard InChI is InChI=1S/C20H25N3O3/c1-20(2)18(25)23(19(26)22-20)11-12-7-9-13(10-8-12)21-17(24)16-14-5-3-4-6-15(14)16/h7-10,14-16H,3-6,11H2,1-2H3,(H,21,24)(H,22,26)/t14-,15+,16?. The molecule has 1 aliphatic heterocycles. The lowest BCUT2D eigenvalue weighted by Crippen LogP contribution is -2.40. The van der Waals surface area contributed by atoms with Crippen molar-refractivity contribution in [2.75, 3.05) is 5.32 Å². The van der Waals surface area contributed by atoms with Crippen LogP contribution >= 0.6 is 0 Å². The van der Waals surface area contributed by atoms with E-state index in [0.29, 0.717) is 11.8 Å². The summed E-state index contributed by atoms with van der Waals surface area (Å²) < 4.78 is 0. The van der Waals surface area contributed by atoms with Crippen LogP contribution in [0.3, 0.4) is 0 Å². The lowest BCUT2D eigenvalue weighted by molar-refractivity contribution is -0.130. The molecule has 2 N–H and O–H groups in total. The number of nitrogens with zero attached hydrogens (tertiary/aromatic N) is 1. The fourth-order valence-corrected chi connectivity index (χ4v) is 4.44. The highest BCUT2D eigenvalue weighted by atomic mass is 16.2. The highest BCUT2D eigenvalue weighted by Crippen LogP contribution is 2.55. The molecule has 1 heterocycles. The van der Waals surface area contributed by atoms with Gasteiger partial charge in [-0.1, -0.05) is 25.0 Å². The molecule has 0 bridgehead atoms. The molecule has 26 heavy (non-hydrogen) atoms. The maximum absolute atomic E-state index is 12.4. The predicted octanol–water partition coefficient (Wildman–Crippen LogP) is 2.89. The first kappa shape index (κ1) is 17.1. The minimum Gasteiger partial charge on any atom is -0.326 e. The number of rotatable bonds is 4. The van der Waals surface area contributed by atoms with Gasteiger partial charge in [0.05, 0.1) is 6.54 Å². The van der Waals surface area contributed by atoms with Crippen molar-refractivity contribution in [3.8, 4) is 0 Å². The van der Waals surface area contributed by atoms with E-state index in [-0.39, 0.29) is 30.3 Å². The van der Waals surface area contributed by atoms with Crippen molar-refractivity contribution in [1.29, 1.82) is 0 Å². The SMILES string of the molecule is CC1(C)NC(=O)N(Cc2ccc(NC(=O)C3[C@H]4CCCC[C@@H]34)cc2)C1=O. The molecule has 3 aliphatic rings. The molecule has 1 aromatic rings. The van der Waals surface area contributed by atoms with Crippen molar-refractivity contribution in [1.82, 2.24) is 10.2 Å². The lowest BCUT2D eigenvalue weighted by Gasteiger charge is -2.16. The van der Waals surface area contributed by atoms with Crippen molar-refractivity contribution < 1.29 is 14.4 Å². The number of benzene rings is 1. The van der Waals surface area contributed by atoms with Crippen LogP contribution in [0.5, 0.6) is 0 Å².